The van der Waals surface area contributed by atoms with Crippen molar-refractivity contribution in [2.45, 2.75) is 19.4 Å². The van der Waals surface area contributed by atoms with Crippen LogP contribution in [-0.2, 0) is 0 Å². The third-order valence-corrected chi connectivity index (χ3v) is 4.31. The third-order valence-electron chi connectivity index (χ3n) is 4.31. The van der Waals surface area contributed by atoms with Crippen LogP contribution in [0.1, 0.15) is 56.9 Å². The average Bonchev–Trinajstić information content (AvgIpc) is 2.63. The predicted octanol–water partition coefficient (Wildman–Crippen LogP) is 2.92. The molecule has 0 fully saturated rings. The highest BCUT2D eigenvalue weighted by Gasteiger charge is 2.37. The number of hydrogen-bond donors (Lipinski definition) is 1. The van der Waals surface area contributed by atoms with Crippen LogP contribution in [0.25, 0.3) is 0 Å². The molecule has 1 aliphatic rings. The van der Waals surface area contributed by atoms with Gasteiger partial charge in [-0.15, -0.1) is 0 Å². The molecule has 0 aliphatic heterocycles. The molecule has 1 atom stereocenters. The van der Waals surface area contributed by atoms with E-state index >= 15 is 0 Å². The second-order valence-electron chi connectivity index (χ2n) is 5.58. The second kappa shape index (κ2) is 6.09. The van der Waals surface area contributed by atoms with Gasteiger partial charge in [-0.3, -0.25) is 9.59 Å². The number of ether oxygens (including phenoxy) is 2. The molecule has 5 heteroatoms. The fraction of sp³-hybridized carbons (Fsp3) is 0.263. The number of carbonyl (C=O) groups excluding carboxylic acids is 2. The van der Waals surface area contributed by atoms with Crippen molar-refractivity contribution in [1.29, 1.82) is 0 Å². The Morgan fingerprint density at radius 1 is 1.00 bits per heavy atom. The quantitative estimate of drug-likeness (QED) is 0.798. The standard InChI is InChI=1S/C19H18O5/c1-4-13(20)12-9-14(23-2)15-16(19(12)24-3)18(22)11-8-6-5-7-10(11)17(15)21/h5-9,13,20H,4H2,1-3H3. The first-order valence-corrected chi connectivity index (χ1v) is 7.70. The molecular weight excluding hydrogens is 308 g/mol. The van der Waals surface area contributed by atoms with Gasteiger partial charge in [-0.1, -0.05) is 31.2 Å². The highest BCUT2D eigenvalue weighted by atomic mass is 16.5. The Labute approximate surface area is 139 Å². The predicted molar refractivity (Wildman–Crippen MR) is 88.1 cm³/mol. The van der Waals surface area contributed by atoms with Crippen molar-refractivity contribution < 1.29 is 24.2 Å². The van der Waals surface area contributed by atoms with Gasteiger partial charge in [-0.05, 0) is 12.5 Å². The molecule has 0 saturated heterocycles. The second-order valence-corrected chi connectivity index (χ2v) is 5.58. The molecule has 0 radical (unpaired) electrons. The molecule has 24 heavy (non-hydrogen) atoms. The summed E-state index contributed by atoms with van der Waals surface area (Å²) >= 11 is 0. The van der Waals surface area contributed by atoms with E-state index in [1.807, 2.05) is 6.92 Å². The van der Waals surface area contributed by atoms with Crippen molar-refractivity contribution in [3.8, 4) is 11.5 Å². The van der Waals surface area contributed by atoms with Crippen LogP contribution in [0.15, 0.2) is 30.3 Å². The molecule has 0 aromatic heterocycles. The zero-order valence-electron chi connectivity index (χ0n) is 13.8. The lowest BCUT2D eigenvalue weighted by Crippen LogP contribution is -2.23. The molecule has 2 aromatic rings. The topological polar surface area (TPSA) is 72.8 Å². The molecule has 1 aliphatic carbocycles. The van der Waals surface area contributed by atoms with Crippen LogP contribution in [0.2, 0.25) is 0 Å². The minimum atomic E-state index is -0.820. The van der Waals surface area contributed by atoms with E-state index in [0.717, 1.165) is 0 Å². The molecule has 5 nitrogen and oxygen atoms in total. The van der Waals surface area contributed by atoms with E-state index < -0.39 is 6.10 Å². The first-order valence-electron chi connectivity index (χ1n) is 7.70. The van der Waals surface area contributed by atoms with E-state index in [1.165, 1.54) is 14.2 Å². The van der Waals surface area contributed by atoms with E-state index in [2.05, 4.69) is 0 Å². The van der Waals surface area contributed by atoms with E-state index in [9.17, 15) is 14.7 Å². The Morgan fingerprint density at radius 3 is 2.08 bits per heavy atom. The fourth-order valence-corrected chi connectivity index (χ4v) is 3.10. The number of rotatable bonds is 4. The van der Waals surface area contributed by atoms with Gasteiger partial charge in [-0.2, -0.15) is 0 Å². The van der Waals surface area contributed by atoms with Gasteiger partial charge in [0.2, 0.25) is 0 Å². The first-order chi connectivity index (χ1) is 11.5. The minimum Gasteiger partial charge on any atom is -0.496 e. The summed E-state index contributed by atoms with van der Waals surface area (Å²) in [5, 5.41) is 10.3. The number of aliphatic hydroxyl groups is 1. The van der Waals surface area contributed by atoms with Gasteiger partial charge in [0.05, 0.1) is 31.5 Å². The summed E-state index contributed by atoms with van der Waals surface area (Å²) in [4.78, 5) is 25.9. The molecule has 124 valence electrons. The lowest BCUT2D eigenvalue weighted by atomic mass is 9.81. The van der Waals surface area contributed by atoms with Gasteiger partial charge in [0, 0.05) is 16.7 Å². The van der Waals surface area contributed by atoms with Crippen LogP contribution in [0.5, 0.6) is 11.5 Å². The highest BCUT2D eigenvalue weighted by Crippen LogP contribution is 2.43. The summed E-state index contributed by atoms with van der Waals surface area (Å²) in [6.07, 6.45) is -0.379. The minimum absolute atomic E-state index is 0.156. The summed E-state index contributed by atoms with van der Waals surface area (Å²) in [6, 6.07) is 8.24. The molecule has 0 heterocycles. The SMILES string of the molecule is CCC(O)c1cc(OC)c2c(c1OC)C(=O)c1ccccc1C2=O. The molecule has 0 spiro atoms. The fourth-order valence-electron chi connectivity index (χ4n) is 3.10. The maximum atomic E-state index is 13.0. The third kappa shape index (κ3) is 2.20. The number of hydrogen-bond acceptors (Lipinski definition) is 5. The average molecular weight is 326 g/mol. The maximum Gasteiger partial charge on any atom is 0.198 e. The molecule has 0 bridgehead atoms. The van der Waals surface area contributed by atoms with E-state index in [4.69, 9.17) is 9.47 Å². The summed E-state index contributed by atoms with van der Waals surface area (Å²) in [6.45, 7) is 1.82. The largest absolute Gasteiger partial charge is 0.496 e. The molecule has 1 N–H and O–H groups in total. The van der Waals surface area contributed by atoms with Crippen molar-refractivity contribution in [3.63, 3.8) is 0 Å². The summed E-state index contributed by atoms with van der Waals surface area (Å²) < 4.78 is 10.8. The number of carbonyl (C=O) groups is 2. The zero-order valence-corrected chi connectivity index (χ0v) is 13.8. The Kier molecular flexibility index (Phi) is 4.11. The number of benzene rings is 2. The smallest absolute Gasteiger partial charge is 0.198 e. The van der Waals surface area contributed by atoms with Crippen molar-refractivity contribution >= 4 is 11.6 Å². The summed E-state index contributed by atoms with van der Waals surface area (Å²) in [5.74, 6) is -0.0949. The Morgan fingerprint density at radius 2 is 1.58 bits per heavy atom. The monoisotopic (exact) mass is 326 g/mol. The number of fused-ring (bicyclic) bond motifs is 2. The van der Waals surface area contributed by atoms with Crippen molar-refractivity contribution in [2.75, 3.05) is 14.2 Å². The molecule has 0 saturated carbocycles. The van der Waals surface area contributed by atoms with Crippen LogP contribution in [0.3, 0.4) is 0 Å². The van der Waals surface area contributed by atoms with Gasteiger partial charge in [0.25, 0.3) is 0 Å². The van der Waals surface area contributed by atoms with Gasteiger partial charge < -0.3 is 14.6 Å². The Balaban J connectivity index is 2.38. The van der Waals surface area contributed by atoms with Crippen LogP contribution in [-0.4, -0.2) is 30.9 Å². The zero-order chi connectivity index (χ0) is 17.4. The Bertz CT molecular complexity index is 838. The van der Waals surface area contributed by atoms with E-state index in [1.54, 1.807) is 30.3 Å². The molecule has 0 amide bonds. The van der Waals surface area contributed by atoms with Gasteiger partial charge in [0.15, 0.2) is 11.6 Å². The van der Waals surface area contributed by atoms with Gasteiger partial charge in [-0.25, -0.2) is 0 Å². The van der Waals surface area contributed by atoms with E-state index in [0.29, 0.717) is 23.1 Å². The number of ketones is 2. The highest BCUT2D eigenvalue weighted by molar-refractivity contribution is 6.30. The van der Waals surface area contributed by atoms with Gasteiger partial charge >= 0.3 is 0 Å². The van der Waals surface area contributed by atoms with Crippen LogP contribution in [0.4, 0.5) is 0 Å². The van der Waals surface area contributed by atoms with Gasteiger partial charge in [0.1, 0.15) is 11.5 Å². The van der Waals surface area contributed by atoms with Crippen molar-refractivity contribution in [3.05, 3.63) is 58.1 Å². The number of methoxy groups -OCH3 is 2. The van der Waals surface area contributed by atoms with Crippen LogP contribution < -0.4 is 9.47 Å². The molecule has 1 unspecified atom stereocenters. The van der Waals surface area contributed by atoms with Crippen molar-refractivity contribution in [2.24, 2.45) is 0 Å². The maximum absolute atomic E-state index is 13.0. The summed E-state index contributed by atoms with van der Waals surface area (Å²) in [7, 11) is 2.86. The lowest BCUT2D eigenvalue weighted by molar-refractivity contribution is 0.0972. The van der Waals surface area contributed by atoms with Crippen LogP contribution >= 0.6 is 0 Å². The molecule has 3 rings (SSSR count). The number of aliphatic hydroxyl groups excluding tert-OH is 1. The normalized spacial score (nSPS) is 14.0. The van der Waals surface area contributed by atoms with Crippen LogP contribution in [0, 0.1) is 0 Å². The lowest BCUT2D eigenvalue weighted by Gasteiger charge is -2.25. The molecular formula is C19H18O5. The first kappa shape index (κ1) is 16.2. The summed E-state index contributed by atoms with van der Waals surface area (Å²) in [5.41, 5.74) is 1.46. The van der Waals surface area contributed by atoms with E-state index in [-0.39, 0.29) is 34.2 Å². The molecule has 2 aromatic carbocycles. The van der Waals surface area contributed by atoms with Crippen molar-refractivity contribution in [1.82, 2.24) is 0 Å². The Hall–Kier alpha value is -2.66.